The Morgan fingerprint density at radius 2 is 1.81 bits per heavy atom. The van der Waals surface area contributed by atoms with E-state index >= 15 is 0 Å². The van der Waals surface area contributed by atoms with E-state index < -0.39 is 6.10 Å². The molecule has 3 rings (SSSR count). The number of likely N-dealkylation sites (N-methyl/N-ethyl adjacent to an activating group) is 1. The van der Waals surface area contributed by atoms with E-state index in [-0.39, 0.29) is 12.1 Å². The number of carbonyl (C=O) groups excluding carboxylic acids is 1. The van der Waals surface area contributed by atoms with Gasteiger partial charge in [-0.15, -0.1) is 0 Å². The van der Waals surface area contributed by atoms with E-state index in [1.54, 1.807) is 11.9 Å². The molecular weight excluding hydrogens is 328 g/mol. The van der Waals surface area contributed by atoms with Crippen molar-refractivity contribution in [3.05, 3.63) is 60.2 Å². The van der Waals surface area contributed by atoms with Gasteiger partial charge in [-0.2, -0.15) is 0 Å². The fourth-order valence-electron chi connectivity index (χ4n) is 3.33. The number of urea groups is 1. The molecule has 2 atom stereocenters. The van der Waals surface area contributed by atoms with E-state index in [0.717, 1.165) is 31.2 Å². The number of benzene rings is 2. The van der Waals surface area contributed by atoms with Crippen LogP contribution in [0.15, 0.2) is 54.6 Å². The maximum atomic E-state index is 12.6. The third kappa shape index (κ3) is 4.55. The van der Waals surface area contributed by atoms with Crippen LogP contribution >= 0.6 is 0 Å². The molecule has 0 spiro atoms. The molecule has 2 N–H and O–H groups in total. The zero-order chi connectivity index (χ0) is 18.4. The monoisotopic (exact) mass is 354 g/mol. The van der Waals surface area contributed by atoms with E-state index in [4.69, 9.17) is 4.74 Å². The summed E-state index contributed by atoms with van der Waals surface area (Å²) in [6, 6.07) is 16.9. The Morgan fingerprint density at radius 1 is 1.12 bits per heavy atom. The van der Waals surface area contributed by atoms with Crippen LogP contribution in [0.25, 0.3) is 0 Å². The Bertz CT molecular complexity index is 720. The molecule has 0 aromatic heterocycles. The zero-order valence-corrected chi connectivity index (χ0v) is 15.1. The summed E-state index contributed by atoms with van der Waals surface area (Å²) in [5.41, 5.74) is 1.70. The van der Waals surface area contributed by atoms with E-state index in [0.29, 0.717) is 18.0 Å². The second kappa shape index (κ2) is 8.72. The molecule has 1 aliphatic rings. The van der Waals surface area contributed by atoms with Gasteiger partial charge in [0.25, 0.3) is 0 Å². The number of hydrogen-bond donors (Lipinski definition) is 2. The first-order valence-electron chi connectivity index (χ1n) is 9.13. The molecule has 5 heteroatoms. The van der Waals surface area contributed by atoms with Crippen LogP contribution in [0.4, 0.5) is 10.5 Å². The molecule has 2 aromatic rings. The highest BCUT2D eigenvalue weighted by molar-refractivity contribution is 5.91. The van der Waals surface area contributed by atoms with Crippen LogP contribution in [-0.4, -0.2) is 35.2 Å². The number of para-hydroxylation sites is 2. The van der Waals surface area contributed by atoms with Crippen molar-refractivity contribution in [2.45, 2.75) is 44.4 Å². The molecule has 0 heterocycles. The molecule has 1 fully saturated rings. The minimum absolute atomic E-state index is 0.138. The van der Waals surface area contributed by atoms with Crippen LogP contribution in [-0.2, 0) is 6.61 Å². The van der Waals surface area contributed by atoms with Gasteiger partial charge in [0.1, 0.15) is 12.4 Å². The molecule has 26 heavy (non-hydrogen) atoms. The number of amides is 2. The summed E-state index contributed by atoms with van der Waals surface area (Å²) in [6.45, 7) is 0.435. The van der Waals surface area contributed by atoms with E-state index in [2.05, 4.69) is 5.32 Å². The topological polar surface area (TPSA) is 61.8 Å². The molecule has 138 valence electrons. The summed E-state index contributed by atoms with van der Waals surface area (Å²) >= 11 is 0. The predicted molar refractivity (Wildman–Crippen MR) is 102 cm³/mol. The van der Waals surface area contributed by atoms with Crippen molar-refractivity contribution in [2.75, 3.05) is 12.4 Å². The Labute approximate surface area is 154 Å². The molecule has 0 bridgehead atoms. The van der Waals surface area contributed by atoms with Gasteiger partial charge < -0.3 is 20.1 Å². The van der Waals surface area contributed by atoms with Gasteiger partial charge in [0.05, 0.1) is 17.8 Å². The number of aliphatic hydroxyl groups excluding tert-OH is 1. The molecule has 0 saturated heterocycles. The van der Waals surface area contributed by atoms with Crippen molar-refractivity contribution >= 4 is 11.7 Å². The largest absolute Gasteiger partial charge is 0.487 e. The first-order chi connectivity index (χ1) is 12.6. The van der Waals surface area contributed by atoms with Gasteiger partial charge in [0.15, 0.2) is 0 Å². The van der Waals surface area contributed by atoms with Gasteiger partial charge in [0.2, 0.25) is 0 Å². The molecule has 0 unspecified atom stereocenters. The van der Waals surface area contributed by atoms with Crippen molar-refractivity contribution in [2.24, 2.45) is 0 Å². The molecule has 2 amide bonds. The summed E-state index contributed by atoms with van der Waals surface area (Å²) in [7, 11) is 1.74. The fraction of sp³-hybridized carbons (Fsp3) is 0.381. The summed E-state index contributed by atoms with van der Waals surface area (Å²) in [4.78, 5) is 14.2. The van der Waals surface area contributed by atoms with Gasteiger partial charge >= 0.3 is 6.03 Å². The average Bonchev–Trinajstić information content (AvgIpc) is 2.68. The quantitative estimate of drug-likeness (QED) is 0.852. The molecule has 0 radical (unpaired) electrons. The van der Waals surface area contributed by atoms with Crippen molar-refractivity contribution in [3.8, 4) is 5.75 Å². The highest BCUT2D eigenvalue weighted by Crippen LogP contribution is 2.27. The molecule has 5 nitrogen and oxygen atoms in total. The van der Waals surface area contributed by atoms with Gasteiger partial charge in [0, 0.05) is 7.05 Å². The van der Waals surface area contributed by atoms with Crippen LogP contribution in [0.2, 0.25) is 0 Å². The molecule has 1 saturated carbocycles. The fourth-order valence-corrected chi connectivity index (χ4v) is 3.33. The third-order valence-corrected chi connectivity index (χ3v) is 4.88. The first-order valence-corrected chi connectivity index (χ1v) is 9.13. The van der Waals surface area contributed by atoms with Crippen molar-refractivity contribution < 1.29 is 14.6 Å². The summed E-state index contributed by atoms with van der Waals surface area (Å²) in [5, 5.41) is 13.1. The number of anilines is 1. The van der Waals surface area contributed by atoms with Crippen molar-refractivity contribution in [1.82, 2.24) is 4.90 Å². The Balaban J connectivity index is 1.64. The van der Waals surface area contributed by atoms with Gasteiger partial charge in [-0.25, -0.2) is 4.79 Å². The normalized spacial score (nSPS) is 19.6. The van der Waals surface area contributed by atoms with Crippen LogP contribution in [0, 0.1) is 0 Å². The SMILES string of the molecule is CN(C(=O)Nc1ccccc1OCc1ccccc1)[C@@H]1CCCC[C@@H]1O. The molecule has 1 aliphatic carbocycles. The number of rotatable bonds is 5. The number of hydrogen-bond acceptors (Lipinski definition) is 3. The van der Waals surface area contributed by atoms with E-state index in [1.807, 2.05) is 54.6 Å². The van der Waals surface area contributed by atoms with Gasteiger partial charge in [-0.05, 0) is 30.5 Å². The van der Waals surface area contributed by atoms with Crippen LogP contribution in [0.1, 0.15) is 31.2 Å². The lowest BCUT2D eigenvalue weighted by molar-refractivity contribution is 0.0494. The van der Waals surface area contributed by atoms with Crippen LogP contribution < -0.4 is 10.1 Å². The van der Waals surface area contributed by atoms with E-state index in [1.165, 1.54) is 0 Å². The number of nitrogens with zero attached hydrogens (tertiary/aromatic N) is 1. The summed E-state index contributed by atoms with van der Waals surface area (Å²) in [5.74, 6) is 0.627. The highest BCUT2D eigenvalue weighted by atomic mass is 16.5. The second-order valence-electron chi connectivity index (χ2n) is 6.73. The van der Waals surface area contributed by atoms with Crippen molar-refractivity contribution in [3.63, 3.8) is 0 Å². The van der Waals surface area contributed by atoms with E-state index in [9.17, 15) is 9.90 Å². The maximum absolute atomic E-state index is 12.6. The first kappa shape index (κ1) is 18.3. The minimum atomic E-state index is -0.455. The van der Waals surface area contributed by atoms with Crippen LogP contribution in [0.5, 0.6) is 5.75 Å². The lowest BCUT2D eigenvalue weighted by Gasteiger charge is -2.35. The third-order valence-electron chi connectivity index (χ3n) is 4.88. The Morgan fingerprint density at radius 3 is 2.58 bits per heavy atom. The standard InChI is InChI=1S/C21H26N2O3/c1-23(18-12-6-7-13-19(18)24)21(25)22-17-11-5-8-14-20(17)26-15-16-9-3-2-4-10-16/h2-5,8-11,14,18-19,24H,6-7,12-13,15H2,1H3,(H,22,25)/t18-,19+/m1/s1. The second-order valence-corrected chi connectivity index (χ2v) is 6.73. The predicted octanol–water partition coefficient (Wildman–Crippen LogP) is 4.03. The smallest absolute Gasteiger partial charge is 0.322 e. The lowest BCUT2D eigenvalue weighted by Crippen LogP contribution is -2.47. The van der Waals surface area contributed by atoms with Crippen molar-refractivity contribution in [1.29, 1.82) is 0 Å². The summed E-state index contributed by atoms with van der Waals surface area (Å²) < 4.78 is 5.89. The van der Waals surface area contributed by atoms with Gasteiger partial charge in [-0.1, -0.05) is 55.3 Å². The summed E-state index contributed by atoms with van der Waals surface area (Å²) in [6.07, 6.45) is 3.18. The average molecular weight is 354 g/mol. The lowest BCUT2D eigenvalue weighted by atomic mass is 9.92. The molecule has 2 aromatic carbocycles. The number of carbonyl (C=O) groups is 1. The maximum Gasteiger partial charge on any atom is 0.322 e. The zero-order valence-electron chi connectivity index (χ0n) is 15.1. The number of ether oxygens (including phenoxy) is 1. The van der Waals surface area contributed by atoms with Crippen LogP contribution in [0.3, 0.4) is 0 Å². The van der Waals surface area contributed by atoms with Gasteiger partial charge in [-0.3, -0.25) is 0 Å². The minimum Gasteiger partial charge on any atom is -0.487 e. The highest BCUT2D eigenvalue weighted by Gasteiger charge is 2.29. The number of aliphatic hydroxyl groups is 1. The molecular formula is C21H26N2O3. The Hall–Kier alpha value is -2.53. The Kier molecular flexibility index (Phi) is 6.12. The molecule has 0 aliphatic heterocycles. The number of nitrogens with one attached hydrogen (secondary N) is 1.